The fraction of sp³-hybridized carbons (Fsp3) is 0.618. The summed E-state index contributed by atoms with van der Waals surface area (Å²) in [6.45, 7) is 21.4. The molecule has 0 aromatic heterocycles. The van der Waals surface area contributed by atoms with Crippen molar-refractivity contribution < 1.29 is 18.7 Å². The summed E-state index contributed by atoms with van der Waals surface area (Å²) in [6, 6.07) is 21.5. The number of benzene rings is 2. The highest BCUT2D eigenvalue weighted by Crippen LogP contribution is 2.36. The fourth-order valence-electron chi connectivity index (χ4n) is 5.72. The van der Waals surface area contributed by atoms with Crippen LogP contribution in [-0.2, 0) is 13.9 Å². The highest BCUT2D eigenvalue weighted by atomic mass is 32.2. The standard InChI is InChI=1S/C34H54N2O4SSi/c1-8-35(9-2)22-17-25-41-32(37)36(26-29-27-38-34(6,7)39-28-29)23-16-24-40-42(33(3,4)5,30-18-12-10-13-19-30)31-20-14-11-15-21-31/h10-15,18-21,29H,8-9,16-17,22-28H2,1-7H3. The van der Waals surface area contributed by atoms with Gasteiger partial charge in [0.15, 0.2) is 5.79 Å². The van der Waals surface area contributed by atoms with Crippen molar-refractivity contribution in [1.29, 1.82) is 0 Å². The molecule has 1 heterocycles. The van der Waals surface area contributed by atoms with Crippen molar-refractivity contribution in [1.82, 2.24) is 9.80 Å². The van der Waals surface area contributed by atoms with Crippen molar-refractivity contribution in [2.45, 2.75) is 72.1 Å². The van der Waals surface area contributed by atoms with Gasteiger partial charge in [0.25, 0.3) is 13.6 Å². The molecule has 1 aliphatic rings. The van der Waals surface area contributed by atoms with E-state index >= 15 is 0 Å². The van der Waals surface area contributed by atoms with Crippen LogP contribution in [0, 0.1) is 5.92 Å². The normalized spacial score (nSPS) is 16.1. The number of nitrogens with zero attached hydrogens (tertiary/aromatic N) is 2. The quantitative estimate of drug-likeness (QED) is 0.175. The Morgan fingerprint density at radius 3 is 1.98 bits per heavy atom. The molecule has 1 saturated heterocycles. The molecule has 0 N–H and O–H groups in total. The number of rotatable bonds is 15. The van der Waals surface area contributed by atoms with Gasteiger partial charge in [-0.2, -0.15) is 0 Å². The van der Waals surface area contributed by atoms with Gasteiger partial charge >= 0.3 is 0 Å². The Bertz CT molecular complexity index is 1010. The average Bonchev–Trinajstić information content (AvgIpc) is 2.97. The number of carbonyl (C=O) groups is 1. The van der Waals surface area contributed by atoms with Gasteiger partial charge in [0.1, 0.15) is 0 Å². The minimum Gasteiger partial charge on any atom is -0.407 e. The molecule has 0 spiro atoms. The van der Waals surface area contributed by atoms with Crippen LogP contribution in [0.25, 0.3) is 0 Å². The van der Waals surface area contributed by atoms with E-state index in [0.29, 0.717) is 32.9 Å². The Labute approximate surface area is 260 Å². The van der Waals surface area contributed by atoms with Crippen molar-refractivity contribution in [3.8, 4) is 0 Å². The lowest BCUT2D eigenvalue weighted by atomic mass is 10.1. The molecule has 3 rings (SSSR count). The minimum absolute atomic E-state index is 0.0739. The monoisotopic (exact) mass is 614 g/mol. The first kappa shape index (κ1) is 34.8. The number of carbonyl (C=O) groups excluding carboxylic acids is 1. The lowest BCUT2D eigenvalue weighted by Gasteiger charge is -2.43. The van der Waals surface area contributed by atoms with Crippen molar-refractivity contribution in [2.75, 3.05) is 58.3 Å². The van der Waals surface area contributed by atoms with Crippen LogP contribution in [-0.4, -0.2) is 87.4 Å². The molecule has 234 valence electrons. The molecule has 1 fully saturated rings. The Morgan fingerprint density at radius 1 is 0.929 bits per heavy atom. The van der Waals surface area contributed by atoms with E-state index in [4.69, 9.17) is 13.9 Å². The van der Waals surface area contributed by atoms with E-state index in [0.717, 1.165) is 38.2 Å². The molecule has 42 heavy (non-hydrogen) atoms. The van der Waals surface area contributed by atoms with Gasteiger partial charge in [-0.1, -0.05) is 107 Å². The first-order valence-electron chi connectivity index (χ1n) is 15.7. The van der Waals surface area contributed by atoms with Gasteiger partial charge in [-0.05, 0) is 61.7 Å². The third-order valence-electron chi connectivity index (χ3n) is 8.12. The zero-order valence-corrected chi connectivity index (χ0v) is 28.9. The number of hydrogen-bond acceptors (Lipinski definition) is 6. The lowest BCUT2D eigenvalue weighted by molar-refractivity contribution is -0.262. The van der Waals surface area contributed by atoms with E-state index in [1.165, 1.54) is 22.1 Å². The number of hydrogen-bond donors (Lipinski definition) is 0. The average molecular weight is 615 g/mol. The summed E-state index contributed by atoms with van der Waals surface area (Å²) in [5.41, 5.74) is 0. The van der Waals surface area contributed by atoms with Crippen molar-refractivity contribution >= 4 is 35.7 Å². The molecule has 0 atom stereocenters. The van der Waals surface area contributed by atoms with Gasteiger partial charge < -0.3 is 23.7 Å². The van der Waals surface area contributed by atoms with E-state index in [-0.39, 0.29) is 16.2 Å². The largest absolute Gasteiger partial charge is 0.407 e. The van der Waals surface area contributed by atoms with Crippen molar-refractivity contribution in [2.24, 2.45) is 5.92 Å². The van der Waals surface area contributed by atoms with Crippen molar-refractivity contribution in [3.05, 3.63) is 60.7 Å². The van der Waals surface area contributed by atoms with Crippen LogP contribution in [0.1, 0.15) is 61.3 Å². The third-order valence-corrected chi connectivity index (χ3v) is 14.2. The minimum atomic E-state index is -2.60. The summed E-state index contributed by atoms with van der Waals surface area (Å²) in [4.78, 5) is 17.9. The highest BCUT2D eigenvalue weighted by Gasteiger charge is 2.50. The van der Waals surface area contributed by atoms with E-state index in [1.54, 1.807) is 0 Å². The maximum absolute atomic E-state index is 13.5. The Hall–Kier alpha value is -1.68. The van der Waals surface area contributed by atoms with Crippen LogP contribution in [0.5, 0.6) is 0 Å². The van der Waals surface area contributed by atoms with E-state index in [9.17, 15) is 4.79 Å². The zero-order valence-electron chi connectivity index (χ0n) is 27.1. The molecule has 1 amide bonds. The first-order chi connectivity index (χ1) is 20.0. The molecule has 0 aliphatic carbocycles. The molecule has 2 aromatic carbocycles. The molecule has 1 aliphatic heterocycles. The summed E-state index contributed by atoms with van der Waals surface area (Å²) in [7, 11) is -2.60. The molecule has 0 saturated carbocycles. The summed E-state index contributed by atoms with van der Waals surface area (Å²) in [5.74, 6) is 0.430. The second-order valence-corrected chi connectivity index (χ2v) is 18.0. The van der Waals surface area contributed by atoms with Crippen LogP contribution in [0.2, 0.25) is 5.04 Å². The molecule has 0 radical (unpaired) electrons. The summed E-state index contributed by atoms with van der Waals surface area (Å²) >= 11 is 1.44. The molecule has 2 aromatic rings. The van der Waals surface area contributed by atoms with Crippen LogP contribution in [0.4, 0.5) is 4.79 Å². The van der Waals surface area contributed by atoms with Crippen LogP contribution >= 0.6 is 11.8 Å². The topological polar surface area (TPSA) is 51.2 Å². The van der Waals surface area contributed by atoms with Crippen LogP contribution in [0.3, 0.4) is 0 Å². The first-order valence-corrected chi connectivity index (χ1v) is 18.6. The smallest absolute Gasteiger partial charge is 0.281 e. The second kappa shape index (κ2) is 16.4. The zero-order chi connectivity index (χ0) is 30.6. The lowest BCUT2D eigenvalue weighted by Crippen LogP contribution is -2.66. The van der Waals surface area contributed by atoms with Crippen LogP contribution < -0.4 is 10.4 Å². The maximum Gasteiger partial charge on any atom is 0.281 e. The molecular weight excluding hydrogens is 561 g/mol. The van der Waals surface area contributed by atoms with Gasteiger partial charge in [-0.3, -0.25) is 4.79 Å². The fourth-order valence-corrected chi connectivity index (χ4v) is 11.1. The number of thioether (sulfide) groups is 1. The van der Waals surface area contributed by atoms with E-state index in [1.807, 2.05) is 18.7 Å². The Kier molecular flexibility index (Phi) is 13.6. The number of ether oxygens (including phenoxy) is 2. The predicted octanol–water partition coefficient (Wildman–Crippen LogP) is 6.24. The predicted molar refractivity (Wildman–Crippen MR) is 179 cm³/mol. The third kappa shape index (κ3) is 9.66. The molecule has 0 unspecified atom stereocenters. The van der Waals surface area contributed by atoms with Crippen LogP contribution in [0.15, 0.2) is 60.7 Å². The Morgan fingerprint density at radius 2 is 1.48 bits per heavy atom. The summed E-state index contributed by atoms with van der Waals surface area (Å²) in [5, 5.41) is 2.62. The van der Waals surface area contributed by atoms with Gasteiger partial charge in [0.05, 0.1) is 13.2 Å². The molecule has 8 heteroatoms. The van der Waals surface area contributed by atoms with Gasteiger partial charge in [-0.15, -0.1) is 0 Å². The van der Waals surface area contributed by atoms with Gasteiger partial charge in [0, 0.05) is 31.4 Å². The van der Waals surface area contributed by atoms with Gasteiger partial charge in [0.2, 0.25) is 0 Å². The van der Waals surface area contributed by atoms with Gasteiger partial charge in [-0.25, -0.2) is 0 Å². The van der Waals surface area contributed by atoms with E-state index in [2.05, 4.69) is 100 Å². The highest BCUT2D eigenvalue weighted by molar-refractivity contribution is 8.13. The maximum atomic E-state index is 13.5. The second-order valence-electron chi connectivity index (χ2n) is 12.7. The van der Waals surface area contributed by atoms with E-state index < -0.39 is 14.1 Å². The summed E-state index contributed by atoms with van der Waals surface area (Å²) < 4.78 is 18.9. The molecule has 0 bridgehead atoms. The summed E-state index contributed by atoms with van der Waals surface area (Å²) in [6.07, 6.45) is 1.78. The molecular formula is C34H54N2O4SSi. The van der Waals surface area contributed by atoms with Crippen molar-refractivity contribution in [3.63, 3.8) is 0 Å². The molecule has 6 nitrogen and oxygen atoms in total. The Balaban J connectivity index is 1.70. The number of amides is 1. The SMILES string of the molecule is CCN(CC)CCCSC(=O)N(CCCO[Si](c1ccccc1)(c1ccccc1)C(C)(C)C)CC1COC(C)(C)OC1.